The van der Waals surface area contributed by atoms with E-state index in [1.54, 1.807) is 47.0 Å². The molecule has 0 spiro atoms. The van der Waals surface area contributed by atoms with Gasteiger partial charge < -0.3 is 15.4 Å². The van der Waals surface area contributed by atoms with E-state index in [1.165, 1.54) is 7.11 Å². The van der Waals surface area contributed by atoms with Gasteiger partial charge >= 0.3 is 0 Å². The summed E-state index contributed by atoms with van der Waals surface area (Å²) in [6, 6.07) is 10.2. The topological polar surface area (TPSA) is 84.7 Å². The molecule has 0 unspecified atom stereocenters. The lowest BCUT2D eigenvalue weighted by molar-refractivity contribution is 0.0942. The second-order valence-electron chi connectivity index (χ2n) is 5.79. The predicted octanol–water partition coefficient (Wildman–Crippen LogP) is 3.39. The summed E-state index contributed by atoms with van der Waals surface area (Å²) in [7, 11) is 1.50. The van der Waals surface area contributed by atoms with Gasteiger partial charge in [0.2, 0.25) is 5.82 Å². The van der Waals surface area contributed by atoms with Gasteiger partial charge in [-0.2, -0.15) is 0 Å². The summed E-state index contributed by atoms with van der Waals surface area (Å²) < 4.78 is 6.84. The van der Waals surface area contributed by atoms with Crippen LogP contribution >= 0.6 is 11.6 Å². The minimum absolute atomic E-state index is 0.138. The molecule has 0 aliphatic carbocycles. The van der Waals surface area contributed by atoms with Crippen molar-refractivity contribution in [1.29, 1.82) is 0 Å². The van der Waals surface area contributed by atoms with Gasteiger partial charge in [0.05, 0.1) is 18.3 Å². The zero-order valence-corrected chi connectivity index (χ0v) is 15.7. The molecule has 2 N–H and O–H groups in total. The van der Waals surface area contributed by atoms with Crippen LogP contribution in [0.25, 0.3) is 5.52 Å². The third-order valence-corrected chi connectivity index (χ3v) is 4.15. The summed E-state index contributed by atoms with van der Waals surface area (Å²) in [5.41, 5.74) is 1.08. The first-order valence-electron chi connectivity index (χ1n) is 8.45. The molecule has 8 heteroatoms. The molecular weight excluding hydrogens is 368 g/mol. The van der Waals surface area contributed by atoms with Crippen LogP contribution < -0.4 is 15.4 Å². The Hall–Kier alpha value is -3.06. The van der Waals surface area contributed by atoms with E-state index >= 15 is 0 Å². The smallest absolute Gasteiger partial charge is 0.287 e. The predicted molar refractivity (Wildman–Crippen MR) is 104 cm³/mol. The number of imidazole rings is 1. The molecule has 2 amide bonds. The summed E-state index contributed by atoms with van der Waals surface area (Å²) in [5.74, 6) is -0.175. The highest BCUT2D eigenvalue weighted by molar-refractivity contribution is 6.31. The number of ether oxygens (including phenoxy) is 1. The lowest BCUT2D eigenvalue weighted by Crippen LogP contribution is -2.26. The van der Waals surface area contributed by atoms with Crippen molar-refractivity contribution in [3.8, 4) is 5.75 Å². The highest BCUT2D eigenvalue weighted by Crippen LogP contribution is 2.28. The maximum atomic E-state index is 12.8. The van der Waals surface area contributed by atoms with E-state index in [0.717, 1.165) is 6.42 Å². The second-order valence-corrected chi connectivity index (χ2v) is 6.23. The van der Waals surface area contributed by atoms with Crippen LogP contribution in [-0.2, 0) is 0 Å². The number of halogens is 1. The van der Waals surface area contributed by atoms with Crippen LogP contribution in [0.15, 0.2) is 42.6 Å². The number of anilines is 1. The van der Waals surface area contributed by atoms with Crippen molar-refractivity contribution in [2.75, 3.05) is 19.0 Å². The SMILES string of the molecule is CCCNC(=O)c1nc(C(=O)Nc2cc(Cl)ccc2OC)c2ccccn12. The molecule has 0 radical (unpaired) electrons. The maximum absolute atomic E-state index is 12.8. The van der Waals surface area contributed by atoms with Crippen molar-refractivity contribution in [3.05, 3.63) is 59.1 Å². The molecule has 0 atom stereocenters. The van der Waals surface area contributed by atoms with Gasteiger partial charge in [-0.15, -0.1) is 0 Å². The van der Waals surface area contributed by atoms with Gasteiger partial charge in [0.1, 0.15) is 5.75 Å². The molecule has 140 valence electrons. The fourth-order valence-corrected chi connectivity index (χ4v) is 2.81. The number of hydrogen-bond acceptors (Lipinski definition) is 4. The Morgan fingerprint density at radius 1 is 1.22 bits per heavy atom. The van der Waals surface area contributed by atoms with Crippen molar-refractivity contribution in [2.45, 2.75) is 13.3 Å². The van der Waals surface area contributed by atoms with Crippen molar-refractivity contribution in [1.82, 2.24) is 14.7 Å². The molecule has 0 fully saturated rings. The van der Waals surface area contributed by atoms with Crippen LogP contribution in [0.2, 0.25) is 5.02 Å². The zero-order valence-electron chi connectivity index (χ0n) is 15.0. The highest BCUT2D eigenvalue weighted by atomic mass is 35.5. The molecule has 0 aliphatic rings. The molecule has 27 heavy (non-hydrogen) atoms. The number of nitrogens with one attached hydrogen (secondary N) is 2. The van der Waals surface area contributed by atoms with Gasteiger partial charge in [-0.1, -0.05) is 24.6 Å². The molecule has 0 saturated heterocycles. The number of amides is 2. The number of carbonyl (C=O) groups excluding carboxylic acids is 2. The van der Waals surface area contributed by atoms with E-state index in [0.29, 0.717) is 28.5 Å². The average Bonchev–Trinajstić information content (AvgIpc) is 3.06. The van der Waals surface area contributed by atoms with E-state index in [2.05, 4.69) is 15.6 Å². The number of nitrogens with zero attached hydrogens (tertiary/aromatic N) is 2. The summed E-state index contributed by atoms with van der Waals surface area (Å²) in [6.07, 6.45) is 2.50. The number of hydrogen-bond donors (Lipinski definition) is 2. The van der Waals surface area contributed by atoms with Crippen LogP contribution in [0.4, 0.5) is 5.69 Å². The molecule has 0 aliphatic heterocycles. The third kappa shape index (κ3) is 3.88. The van der Waals surface area contributed by atoms with Gasteiger partial charge in [0, 0.05) is 17.8 Å². The summed E-state index contributed by atoms with van der Waals surface area (Å²) >= 11 is 6.01. The number of fused-ring (bicyclic) bond motifs is 1. The molecule has 3 rings (SSSR count). The Balaban J connectivity index is 1.98. The number of methoxy groups -OCH3 is 1. The first-order chi connectivity index (χ1) is 13.0. The molecule has 3 aromatic rings. The van der Waals surface area contributed by atoms with Crippen LogP contribution in [0.3, 0.4) is 0 Å². The fourth-order valence-electron chi connectivity index (χ4n) is 2.64. The van der Waals surface area contributed by atoms with Crippen LogP contribution in [0, 0.1) is 0 Å². The Labute approximate surface area is 161 Å². The number of benzene rings is 1. The van der Waals surface area contributed by atoms with Crippen molar-refractivity contribution in [3.63, 3.8) is 0 Å². The normalized spacial score (nSPS) is 10.6. The molecule has 7 nitrogen and oxygen atoms in total. The molecular formula is C19H19ClN4O3. The van der Waals surface area contributed by atoms with Crippen LogP contribution in [0.5, 0.6) is 5.75 Å². The van der Waals surface area contributed by atoms with E-state index in [1.807, 2.05) is 6.92 Å². The van der Waals surface area contributed by atoms with Gasteiger partial charge in [-0.25, -0.2) is 4.98 Å². The molecule has 0 saturated carbocycles. The van der Waals surface area contributed by atoms with Gasteiger partial charge in [-0.3, -0.25) is 14.0 Å². The zero-order chi connectivity index (χ0) is 19.4. The largest absolute Gasteiger partial charge is 0.495 e. The Morgan fingerprint density at radius 3 is 2.78 bits per heavy atom. The number of carbonyl (C=O) groups is 2. The molecule has 0 bridgehead atoms. The van der Waals surface area contributed by atoms with E-state index in [4.69, 9.17) is 16.3 Å². The van der Waals surface area contributed by atoms with Gasteiger partial charge in [0.25, 0.3) is 11.8 Å². The second kappa shape index (κ2) is 8.09. The summed E-state index contributed by atoms with van der Waals surface area (Å²) in [5, 5.41) is 5.99. The van der Waals surface area contributed by atoms with Crippen LogP contribution in [0.1, 0.15) is 34.5 Å². The van der Waals surface area contributed by atoms with E-state index in [9.17, 15) is 9.59 Å². The lowest BCUT2D eigenvalue weighted by Gasteiger charge is -2.09. The fraction of sp³-hybridized carbons (Fsp3) is 0.211. The Kier molecular flexibility index (Phi) is 5.61. The Bertz CT molecular complexity index is 1000. The minimum atomic E-state index is -0.464. The van der Waals surface area contributed by atoms with Gasteiger partial charge in [0.15, 0.2) is 5.69 Å². The maximum Gasteiger partial charge on any atom is 0.287 e. The van der Waals surface area contributed by atoms with E-state index < -0.39 is 5.91 Å². The summed E-state index contributed by atoms with van der Waals surface area (Å²) in [6.45, 7) is 2.49. The van der Waals surface area contributed by atoms with Crippen molar-refractivity contribution >= 4 is 34.6 Å². The minimum Gasteiger partial charge on any atom is -0.495 e. The van der Waals surface area contributed by atoms with Crippen molar-refractivity contribution < 1.29 is 14.3 Å². The van der Waals surface area contributed by atoms with Crippen molar-refractivity contribution in [2.24, 2.45) is 0 Å². The average molecular weight is 387 g/mol. The highest BCUT2D eigenvalue weighted by Gasteiger charge is 2.22. The first-order valence-corrected chi connectivity index (χ1v) is 8.83. The lowest BCUT2D eigenvalue weighted by atomic mass is 10.2. The first kappa shape index (κ1) is 18.7. The Morgan fingerprint density at radius 2 is 2.04 bits per heavy atom. The third-order valence-electron chi connectivity index (χ3n) is 3.91. The van der Waals surface area contributed by atoms with Gasteiger partial charge in [-0.05, 0) is 36.8 Å². The molecule has 1 aromatic carbocycles. The van der Waals surface area contributed by atoms with E-state index in [-0.39, 0.29) is 17.4 Å². The summed E-state index contributed by atoms with van der Waals surface area (Å²) in [4.78, 5) is 29.5. The quantitative estimate of drug-likeness (QED) is 0.680. The number of rotatable bonds is 6. The standard InChI is InChI=1S/C19H19ClN4O3/c1-3-9-21-19(26)17-23-16(14-6-4-5-10-24(14)17)18(25)22-13-11-12(20)7-8-15(13)27-2/h4-8,10-11H,3,9H2,1-2H3,(H,21,26)(H,22,25). The monoisotopic (exact) mass is 386 g/mol. The molecule has 2 aromatic heterocycles. The number of aromatic nitrogens is 2. The van der Waals surface area contributed by atoms with Crippen LogP contribution in [-0.4, -0.2) is 34.9 Å². The molecule has 2 heterocycles. The number of pyridine rings is 1.